The Kier molecular flexibility index (Phi) is 15.5. The number of hydrogen-bond donors (Lipinski definition) is 6. The minimum atomic E-state index is -2.06. The number of Topliss-reactive ketones (excluding diaryl/α,β-unsaturated/α-hetero) is 1. The lowest BCUT2D eigenvalue weighted by atomic mass is 9.44. The number of aliphatic hydroxyl groups is 2. The van der Waals surface area contributed by atoms with Gasteiger partial charge in [0.15, 0.2) is 18.1 Å². The minimum Gasteiger partial charge on any atom is -0.450 e. The molecule has 14 heteroatoms. The Morgan fingerprint density at radius 1 is 0.961 bits per heavy atom. The van der Waals surface area contributed by atoms with Crippen LogP contribution in [-0.4, -0.2) is 97.3 Å². The van der Waals surface area contributed by atoms with Crippen LogP contribution in [0.2, 0.25) is 0 Å². The molecule has 7 N–H and O–H groups in total. The number of hydrogen-bond acceptors (Lipinski definition) is 10. The summed E-state index contributed by atoms with van der Waals surface area (Å²) in [6, 6.07) is 0. The number of unbranched alkanes of at least 4 members (excludes halogenated alkanes) is 4. The number of rotatable bonds is 18. The number of alkyl carbamates (subject to hydrolysis) is 2. The zero-order chi connectivity index (χ0) is 36.6. The van der Waals surface area contributed by atoms with E-state index in [0.29, 0.717) is 63.9 Å². The maximum Gasteiger partial charge on any atom is 0.407 e. The highest BCUT2D eigenvalue weighted by Gasteiger charge is 2.75. The largest absolute Gasteiger partial charge is 0.450 e. The van der Waals surface area contributed by atoms with E-state index in [1.807, 2.05) is 0 Å². The van der Waals surface area contributed by atoms with Gasteiger partial charge in [-0.1, -0.05) is 31.9 Å². The van der Waals surface area contributed by atoms with E-state index in [1.54, 1.807) is 26.8 Å². The van der Waals surface area contributed by atoms with Crippen LogP contribution in [0.15, 0.2) is 23.8 Å². The van der Waals surface area contributed by atoms with Crippen LogP contribution >= 0.6 is 12.4 Å². The fourth-order valence-corrected chi connectivity index (χ4v) is 9.34. The highest BCUT2D eigenvalue weighted by atomic mass is 35.5. The first kappa shape index (κ1) is 42.8. The molecule has 4 aliphatic carbocycles. The molecule has 0 aliphatic heterocycles. The van der Waals surface area contributed by atoms with Crippen molar-refractivity contribution in [1.82, 2.24) is 16.0 Å². The minimum absolute atomic E-state index is 0. The van der Waals surface area contributed by atoms with Gasteiger partial charge in [-0.25, -0.2) is 14.0 Å². The fourth-order valence-electron chi connectivity index (χ4n) is 9.34. The summed E-state index contributed by atoms with van der Waals surface area (Å²) < 4.78 is 27.8. The van der Waals surface area contributed by atoms with Crippen LogP contribution in [0.25, 0.3) is 0 Å². The van der Waals surface area contributed by atoms with Crippen LogP contribution in [0.1, 0.15) is 91.4 Å². The van der Waals surface area contributed by atoms with E-state index in [2.05, 4.69) is 16.0 Å². The van der Waals surface area contributed by atoms with Gasteiger partial charge >= 0.3 is 12.2 Å². The number of carbonyl (C=O) groups excluding carboxylic acids is 4. The van der Waals surface area contributed by atoms with Crippen molar-refractivity contribution >= 4 is 36.2 Å². The highest BCUT2D eigenvalue weighted by molar-refractivity contribution is 6.01. The van der Waals surface area contributed by atoms with Crippen molar-refractivity contribution in [3.8, 4) is 0 Å². The normalized spacial score (nSPS) is 33.5. The second-order valence-corrected chi connectivity index (χ2v) is 15.2. The van der Waals surface area contributed by atoms with E-state index in [0.717, 1.165) is 45.2 Å². The van der Waals surface area contributed by atoms with Crippen LogP contribution in [0.5, 0.6) is 0 Å². The summed E-state index contributed by atoms with van der Waals surface area (Å²) in [5.41, 5.74) is -0.150. The first-order valence-electron chi connectivity index (χ1n) is 18.5. The van der Waals surface area contributed by atoms with E-state index in [1.165, 1.54) is 12.2 Å². The Hall–Kier alpha value is -2.58. The molecule has 4 aliphatic rings. The van der Waals surface area contributed by atoms with Crippen molar-refractivity contribution in [3.05, 3.63) is 23.8 Å². The van der Waals surface area contributed by atoms with Crippen LogP contribution in [0.3, 0.4) is 0 Å². The Labute approximate surface area is 307 Å². The first-order chi connectivity index (χ1) is 23.8. The predicted molar refractivity (Wildman–Crippen MR) is 193 cm³/mol. The molecule has 0 aromatic carbocycles. The average Bonchev–Trinajstić information content (AvgIpc) is 3.28. The van der Waals surface area contributed by atoms with E-state index in [9.17, 15) is 29.4 Å². The molecule has 12 nitrogen and oxygen atoms in total. The highest BCUT2D eigenvalue weighted by Crippen LogP contribution is 2.70. The number of nitrogens with one attached hydrogen (secondary N) is 3. The third-order valence-electron chi connectivity index (χ3n) is 12.2. The first-order valence-corrected chi connectivity index (χ1v) is 18.5. The van der Waals surface area contributed by atoms with Gasteiger partial charge in [-0.3, -0.25) is 9.59 Å². The summed E-state index contributed by atoms with van der Waals surface area (Å²) >= 11 is 0. The molecular formula is C37H60ClFN4O8. The number of allylic oxidation sites excluding steroid dienone is 4. The molecule has 4 rings (SSSR count). The zero-order valence-electron chi connectivity index (χ0n) is 30.5. The molecule has 3 saturated carbocycles. The summed E-state index contributed by atoms with van der Waals surface area (Å²) in [7, 11) is 0. The lowest BCUT2D eigenvalue weighted by molar-refractivity contribution is -0.219. The van der Waals surface area contributed by atoms with Gasteiger partial charge in [0.25, 0.3) is 0 Å². The lowest BCUT2D eigenvalue weighted by Crippen LogP contribution is -2.69. The lowest BCUT2D eigenvalue weighted by Gasteiger charge is -2.62. The Morgan fingerprint density at radius 2 is 1.61 bits per heavy atom. The molecule has 0 aromatic heterocycles. The Bertz CT molecular complexity index is 1300. The van der Waals surface area contributed by atoms with Gasteiger partial charge in [0.1, 0.15) is 5.60 Å². The summed E-state index contributed by atoms with van der Waals surface area (Å²) in [5, 5.41) is 32.2. The molecule has 51 heavy (non-hydrogen) atoms. The number of alkyl halides is 1. The summed E-state index contributed by atoms with van der Waals surface area (Å²) in [4.78, 5) is 49.9. The summed E-state index contributed by atoms with van der Waals surface area (Å²) in [6.45, 7) is 8.21. The molecule has 8 atom stereocenters. The SMILES string of the molecule is C[C@@H]1CC2C3CCC4=CC(=O)C=CC4(C)[C@@]3(F)C(O)CC2(C)[C@@]1(O)C(=O)COC(=O)NCCCCCCOC(=O)NCCCNCCCCN.Cl. The van der Waals surface area contributed by atoms with Crippen LogP contribution in [-0.2, 0) is 19.1 Å². The third-order valence-corrected chi connectivity index (χ3v) is 12.2. The number of fused-ring (bicyclic) bond motifs is 5. The standard InChI is InChI=1S/C37H59FN4O8.ClH/c1-25-21-29-28-12-11-26-22-27(43)13-14-34(26,2)36(28,38)30(44)23-35(29,3)37(25,48)31(45)24-50-33(47)41-18-7-4-5-9-20-49-32(46)42-19-10-17-40-16-8-6-15-39;/h13-14,22,25,28-30,40,44,48H,4-12,15-21,23-24,39H2,1-3H3,(H,41,47)(H,42,46);1H/t25-,28?,29?,30?,34?,35?,36+,37+;/m1./s1. The van der Waals surface area contributed by atoms with Crippen molar-refractivity contribution in [2.45, 2.75) is 109 Å². The molecule has 0 radical (unpaired) electrons. The van der Waals surface area contributed by atoms with Crippen LogP contribution in [0.4, 0.5) is 14.0 Å². The van der Waals surface area contributed by atoms with Crippen molar-refractivity contribution in [1.29, 1.82) is 0 Å². The smallest absolute Gasteiger partial charge is 0.407 e. The van der Waals surface area contributed by atoms with E-state index >= 15 is 4.39 Å². The molecule has 0 heterocycles. The topological polar surface area (TPSA) is 189 Å². The summed E-state index contributed by atoms with van der Waals surface area (Å²) in [6.07, 6.45) is 8.67. The van der Waals surface area contributed by atoms with Gasteiger partial charge in [0, 0.05) is 29.8 Å². The van der Waals surface area contributed by atoms with Crippen LogP contribution < -0.4 is 21.7 Å². The van der Waals surface area contributed by atoms with E-state index in [4.69, 9.17) is 15.2 Å². The van der Waals surface area contributed by atoms with Crippen LogP contribution in [0, 0.1) is 28.6 Å². The molecule has 0 saturated heterocycles. The second-order valence-electron chi connectivity index (χ2n) is 15.2. The predicted octanol–water partition coefficient (Wildman–Crippen LogP) is 4.06. The second kappa shape index (κ2) is 18.4. The van der Waals surface area contributed by atoms with Crippen molar-refractivity contribution in [2.24, 2.45) is 34.3 Å². The number of carbonyl (C=O) groups is 4. The van der Waals surface area contributed by atoms with Gasteiger partial charge in [0.2, 0.25) is 5.78 Å². The van der Waals surface area contributed by atoms with Gasteiger partial charge in [-0.15, -0.1) is 12.4 Å². The number of halogens is 2. The number of nitrogens with two attached hydrogens (primary N) is 1. The molecule has 5 unspecified atom stereocenters. The fraction of sp³-hybridized carbons (Fsp3) is 0.784. The molecule has 3 fully saturated rings. The van der Waals surface area contributed by atoms with Gasteiger partial charge < -0.3 is 41.4 Å². The maximum absolute atomic E-state index is 17.3. The molecule has 0 aromatic rings. The van der Waals surface area contributed by atoms with Gasteiger partial charge in [0.05, 0.1) is 12.7 Å². The van der Waals surface area contributed by atoms with Crippen molar-refractivity contribution in [3.63, 3.8) is 0 Å². The molecular weight excluding hydrogens is 683 g/mol. The van der Waals surface area contributed by atoms with Crippen molar-refractivity contribution in [2.75, 3.05) is 45.9 Å². The number of ketones is 2. The maximum atomic E-state index is 17.3. The molecule has 0 bridgehead atoms. The average molecular weight is 743 g/mol. The van der Waals surface area contributed by atoms with Crippen molar-refractivity contribution < 1.29 is 43.3 Å². The number of amides is 2. The number of ether oxygens (including phenoxy) is 2. The van der Waals surface area contributed by atoms with E-state index < -0.39 is 70.5 Å². The molecule has 0 spiro atoms. The van der Waals surface area contributed by atoms with Gasteiger partial charge in [-0.2, -0.15) is 0 Å². The summed E-state index contributed by atoms with van der Waals surface area (Å²) in [5.74, 6) is -2.44. The Balaban J connectivity index is 0.00000702. The quantitative estimate of drug-likeness (QED) is 0.112. The third kappa shape index (κ3) is 8.80. The monoisotopic (exact) mass is 742 g/mol. The van der Waals surface area contributed by atoms with E-state index in [-0.39, 0.29) is 24.6 Å². The number of aliphatic hydroxyl groups excluding tert-OH is 1. The Morgan fingerprint density at radius 3 is 2.33 bits per heavy atom. The molecule has 290 valence electrons. The zero-order valence-corrected chi connectivity index (χ0v) is 31.3. The van der Waals surface area contributed by atoms with Gasteiger partial charge in [-0.05, 0) is 115 Å². The molecule has 2 amide bonds.